The van der Waals surface area contributed by atoms with E-state index in [1.165, 1.54) is 34.6 Å². The Bertz CT molecular complexity index is 1940. The number of oxazole rings is 1. The van der Waals surface area contributed by atoms with Crippen LogP contribution in [0.3, 0.4) is 0 Å². The van der Waals surface area contributed by atoms with E-state index in [0.717, 1.165) is 12.1 Å². The second kappa shape index (κ2) is 11.7. The molecular weight excluding hydrogens is 619 g/mol. The molecule has 0 saturated carbocycles. The van der Waals surface area contributed by atoms with Gasteiger partial charge in [-0.1, -0.05) is 17.3 Å². The maximum absolute atomic E-state index is 15.2. The van der Waals surface area contributed by atoms with Crippen LogP contribution in [0.25, 0.3) is 45.0 Å². The fourth-order valence-corrected chi connectivity index (χ4v) is 5.72. The van der Waals surface area contributed by atoms with Crippen LogP contribution in [-0.2, 0) is 24.2 Å². The van der Waals surface area contributed by atoms with E-state index in [9.17, 15) is 22.5 Å². The van der Waals surface area contributed by atoms with Crippen molar-refractivity contribution in [2.75, 3.05) is 12.9 Å². The summed E-state index contributed by atoms with van der Waals surface area (Å²) in [5.41, 5.74) is 3.10. The second-order valence-electron chi connectivity index (χ2n) is 10.2. The first-order chi connectivity index (χ1) is 21.5. The van der Waals surface area contributed by atoms with Gasteiger partial charge in [-0.2, -0.15) is 18.8 Å². The standard InChI is InChI=1S/C31H23F5N4O4S/c1-15-38-28(17-5-7-25(23(33)9-17)44-30(34)35)29(43-15)20-8-16(18-10-22(32)21(13-37-41)26(11-18)45-3)4-6-19(20)24-12-27(39-40(24)2)31(36)14-42-31/h4-12,30H,13-14H2,1-3H3. The third-order valence-electron chi connectivity index (χ3n) is 7.29. The molecule has 1 fully saturated rings. The third-order valence-corrected chi connectivity index (χ3v) is 8.09. The van der Waals surface area contributed by atoms with Gasteiger partial charge in [0, 0.05) is 41.1 Å². The van der Waals surface area contributed by atoms with Gasteiger partial charge < -0.3 is 13.9 Å². The second-order valence-corrected chi connectivity index (χ2v) is 11.0. The summed E-state index contributed by atoms with van der Waals surface area (Å²) in [5.74, 6) is -3.87. The molecule has 6 rings (SSSR count). The number of alkyl halides is 3. The lowest BCUT2D eigenvalue weighted by molar-refractivity contribution is -0.0521. The van der Waals surface area contributed by atoms with Gasteiger partial charge in [0.1, 0.15) is 30.4 Å². The summed E-state index contributed by atoms with van der Waals surface area (Å²) in [5, 5.41) is 7.12. The number of epoxide rings is 1. The van der Waals surface area contributed by atoms with Crippen molar-refractivity contribution in [3.05, 3.63) is 88.3 Å². The Morgan fingerprint density at radius 2 is 1.78 bits per heavy atom. The molecule has 0 radical (unpaired) electrons. The van der Waals surface area contributed by atoms with E-state index in [4.69, 9.17) is 9.15 Å². The molecule has 232 valence electrons. The van der Waals surface area contributed by atoms with E-state index in [1.54, 1.807) is 44.5 Å². The number of halogens is 5. The number of aryl methyl sites for hydroxylation is 2. The van der Waals surface area contributed by atoms with Crippen molar-refractivity contribution in [1.29, 1.82) is 0 Å². The van der Waals surface area contributed by atoms with Crippen LogP contribution in [-0.4, -0.2) is 34.2 Å². The van der Waals surface area contributed by atoms with Crippen molar-refractivity contribution >= 4 is 11.8 Å². The molecule has 45 heavy (non-hydrogen) atoms. The van der Waals surface area contributed by atoms with Gasteiger partial charge in [0.05, 0.1) is 5.69 Å². The third kappa shape index (κ3) is 5.82. The van der Waals surface area contributed by atoms with E-state index < -0.39 is 29.9 Å². The van der Waals surface area contributed by atoms with Crippen molar-refractivity contribution in [1.82, 2.24) is 14.8 Å². The van der Waals surface area contributed by atoms with Gasteiger partial charge in [-0.25, -0.2) is 18.2 Å². The minimum atomic E-state index is -3.21. The predicted molar refractivity (Wildman–Crippen MR) is 156 cm³/mol. The number of hydrogen-bond acceptors (Lipinski definition) is 8. The molecule has 0 spiro atoms. The Labute approximate surface area is 257 Å². The molecule has 0 amide bonds. The van der Waals surface area contributed by atoms with Crippen LogP contribution < -0.4 is 4.74 Å². The molecule has 3 aromatic carbocycles. The van der Waals surface area contributed by atoms with Crippen LogP contribution in [0.1, 0.15) is 17.1 Å². The van der Waals surface area contributed by atoms with Gasteiger partial charge >= 0.3 is 6.61 Å². The minimum absolute atomic E-state index is 0.0757. The van der Waals surface area contributed by atoms with Crippen LogP contribution in [0.2, 0.25) is 0 Å². The number of rotatable bonds is 10. The fourth-order valence-electron chi connectivity index (χ4n) is 5.07. The first-order valence-electron chi connectivity index (χ1n) is 13.4. The van der Waals surface area contributed by atoms with Crippen molar-refractivity contribution in [2.45, 2.75) is 30.8 Å². The molecule has 2 aromatic heterocycles. The molecule has 0 N–H and O–H groups in total. The van der Waals surface area contributed by atoms with Crippen LogP contribution in [0.5, 0.6) is 5.75 Å². The number of ether oxygens (including phenoxy) is 2. The number of aromatic nitrogens is 3. The van der Waals surface area contributed by atoms with E-state index in [0.29, 0.717) is 32.8 Å². The average Bonchev–Trinajstić information content (AvgIpc) is 3.44. The van der Waals surface area contributed by atoms with Gasteiger partial charge in [-0.3, -0.25) is 4.68 Å². The highest BCUT2D eigenvalue weighted by Crippen LogP contribution is 2.45. The zero-order valence-electron chi connectivity index (χ0n) is 23.9. The summed E-state index contributed by atoms with van der Waals surface area (Å²) in [6.45, 7) is -2.08. The number of hydrogen-bond donors (Lipinski definition) is 0. The topological polar surface area (TPSA) is 95.0 Å². The first kappa shape index (κ1) is 30.5. The van der Waals surface area contributed by atoms with Crippen molar-refractivity contribution in [3.63, 3.8) is 0 Å². The monoisotopic (exact) mass is 642 g/mol. The van der Waals surface area contributed by atoms with Crippen LogP contribution in [0.15, 0.2) is 69.1 Å². The van der Waals surface area contributed by atoms with Crippen LogP contribution >= 0.6 is 11.8 Å². The Kier molecular flexibility index (Phi) is 7.95. The van der Waals surface area contributed by atoms with Gasteiger partial charge in [0.15, 0.2) is 23.2 Å². The molecule has 1 aliphatic heterocycles. The largest absolute Gasteiger partial charge is 0.440 e. The average molecular weight is 643 g/mol. The summed E-state index contributed by atoms with van der Waals surface area (Å²) in [6.07, 6.45) is 1.75. The van der Waals surface area contributed by atoms with Crippen molar-refractivity contribution in [3.8, 4) is 50.7 Å². The van der Waals surface area contributed by atoms with Gasteiger partial charge in [-0.15, -0.1) is 11.8 Å². The molecule has 0 aliphatic carbocycles. The lowest BCUT2D eigenvalue weighted by atomic mass is 9.93. The highest BCUT2D eigenvalue weighted by atomic mass is 32.2. The van der Waals surface area contributed by atoms with Crippen LogP contribution in [0.4, 0.5) is 22.0 Å². The fraction of sp³-hybridized carbons (Fsp3) is 0.226. The molecule has 1 unspecified atom stereocenters. The summed E-state index contributed by atoms with van der Waals surface area (Å²) in [4.78, 5) is 15.9. The molecular formula is C31H23F5N4O4S. The zero-order valence-corrected chi connectivity index (χ0v) is 24.7. The summed E-state index contributed by atoms with van der Waals surface area (Å²) >= 11 is 1.26. The quantitative estimate of drug-likeness (QED) is 0.0653. The Hall–Kier alpha value is -4.56. The molecule has 1 saturated heterocycles. The number of nitroso groups, excluding NO2 is 1. The predicted octanol–water partition coefficient (Wildman–Crippen LogP) is 8.40. The lowest BCUT2D eigenvalue weighted by Crippen LogP contribution is -2.03. The van der Waals surface area contributed by atoms with Crippen LogP contribution in [0, 0.1) is 23.5 Å². The van der Waals surface area contributed by atoms with E-state index in [-0.39, 0.29) is 47.3 Å². The van der Waals surface area contributed by atoms with E-state index >= 15 is 4.39 Å². The molecule has 1 atom stereocenters. The van der Waals surface area contributed by atoms with Crippen molar-refractivity contribution in [2.24, 2.45) is 12.2 Å². The molecule has 1 aliphatic rings. The highest BCUT2D eigenvalue weighted by Gasteiger charge is 2.50. The maximum Gasteiger partial charge on any atom is 0.387 e. The molecule has 14 heteroatoms. The Balaban J connectivity index is 1.55. The molecule has 3 heterocycles. The van der Waals surface area contributed by atoms with E-state index in [2.05, 4.69) is 20.0 Å². The SMILES string of the molecule is CSc1cc(-c2ccc(-c3cc(C4(F)CO4)nn3C)c(-c3oc(C)nc3-c3ccc(OC(F)F)c(F)c3)c2)cc(F)c1CN=O. The van der Waals surface area contributed by atoms with Crippen molar-refractivity contribution < 1.29 is 35.8 Å². The number of benzene rings is 3. The molecule has 5 aromatic rings. The van der Waals surface area contributed by atoms with Gasteiger partial charge in [-0.05, 0) is 59.8 Å². The van der Waals surface area contributed by atoms with Gasteiger partial charge in [0.25, 0.3) is 5.85 Å². The smallest absolute Gasteiger partial charge is 0.387 e. The van der Waals surface area contributed by atoms with E-state index in [1.807, 2.05) is 0 Å². The molecule has 8 nitrogen and oxygen atoms in total. The normalized spacial score (nSPS) is 15.9. The number of thioether (sulfide) groups is 1. The Morgan fingerprint density at radius 1 is 1.04 bits per heavy atom. The highest BCUT2D eigenvalue weighted by molar-refractivity contribution is 7.98. The first-order valence-corrected chi connectivity index (χ1v) is 14.6. The summed E-state index contributed by atoms with van der Waals surface area (Å²) < 4.78 is 86.9. The summed E-state index contributed by atoms with van der Waals surface area (Å²) in [6, 6.07) is 13.2. The molecule has 0 bridgehead atoms. The minimum Gasteiger partial charge on any atom is -0.440 e. The summed E-state index contributed by atoms with van der Waals surface area (Å²) in [7, 11) is 1.63. The Morgan fingerprint density at radius 3 is 2.44 bits per heavy atom. The number of nitrogens with zero attached hydrogens (tertiary/aromatic N) is 4. The van der Waals surface area contributed by atoms with Gasteiger partial charge in [0.2, 0.25) is 0 Å². The lowest BCUT2D eigenvalue weighted by Gasteiger charge is -2.14. The zero-order chi connectivity index (χ0) is 32.0. The maximum atomic E-state index is 15.2.